The van der Waals surface area contributed by atoms with E-state index in [0.29, 0.717) is 35.3 Å². The maximum absolute atomic E-state index is 11.8. The summed E-state index contributed by atoms with van der Waals surface area (Å²) in [6, 6.07) is 18.5. The van der Waals surface area contributed by atoms with E-state index in [-0.39, 0.29) is 6.04 Å². The fraction of sp³-hybridized carbons (Fsp3) is 0.208. The summed E-state index contributed by atoms with van der Waals surface area (Å²) < 4.78 is 2.15. The molecule has 2 aromatic carbocycles. The lowest BCUT2D eigenvalue weighted by Gasteiger charge is -2.22. The molecule has 1 saturated carbocycles. The first kappa shape index (κ1) is 18.8. The fourth-order valence-electron chi connectivity index (χ4n) is 4.13. The van der Waals surface area contributed by atoms with Crippen LogP contribution in [-0.2, 0) is 4.79 Å². The molecular formula is C24H21ClN4O. The minimum atomic E-state index is 0.0749. The zero-order valence-electron chi connectivity index (χ0n) is 16.4. The van der Waals surface area contributed by atoms with E-state index in [1.165, 1.54) is 0 Å². The molecule has 1 N–H and O–H groups in total. The van der Waals surface area contributed by atoms with E-state index in [9.17, 15) is 4.79 Å². The fourth-order valence-corrected chi connectivity index (χ4v) is 4.32. The summed E-state index contributed by atoms with van der Waals surface area (Å²) in [4.78, 5) is 20.9. The van der Waals surface area contributed by atoms with Crippen LogP contribution < -0.4 is 5.32 Å². The lowest BCUT2D eigenvalue weighted by molar-refractivity contribution is -0.120. The Morgan fingerprint density at radius 3 is 2.70 bits per heavy atom. The summed E-state index contributed by atoms with van der Waals surface area (Å²) in [6.07, 6.45) is 6.74. The molecule has 5 rings (SSSR count). The van der Waals surface area contributed by atoms with Crippen LogP contribution in [0.1, 0.15) is 25.7 Å². The van der Waals surface area contributed by atoms with Crippen LogP contribution in [0.4, 0.5) is 5.95 Å². The van der Waals surface area contributed by atoms with Gasteiger partial charge in [0.2, 0.25) is 5.95 Å². The van der Waals surface area contributed by atoms with Gasteiger partial charge in [-0.15, -0.1) is 0 Å². The number of benzene rings is 2. The number of carbonyl (C=O) groups is 1. The molecule has 2 heterocycles. The normalized spacial score (nSPS) is 16.7. The number of para-hydroxylation sites is 2. The largest absolute Gasteiger partial charge is 0.351 e. The van der Waals surface area contributed by atoms with Crippen LogP contribution in [0.5, 0.6) is 0 Å². The predicted octanol–water partition coefficient (Wildman–Crippen LogP) is 5.66. The highest BCUT2D eigenvalue weighted by atomic mass is 35.5. The van der Waals surface area contributed by atoms with Crippen molar-refractivity contribution >= 4 is 34.2 Å². The Kier molecular flexibility index (Phi) is 4.97. The van der Waals surface area contributed by atoms with E-state index in [4.69, 9.17) is 16.6 Å². The van der Waals surface area contributed by atoms with Gasteiger partial charge in [-0.2, -0.15) is 0 Å². The van der Waals surface area contributed by atoms with E-state index in [0.717, 1.165) is 35.0 Å². The van der Waals surface area contributed by atoms with Crippen molar-refractivity contribution in [2.24, 2.45) is 0 Å². The summed E-state index contributed by atoms with van der Waals surface area (Å²) in [5, 5.41) is 4.89. The van der Waals surface area contributed by atoms with Crippen molar-refractivity contribution in [1.82, 2.24) is 14.5 Å². The molecule has 1 fully saturated rings. The second-order valence-electron chi connectivity index (χ2n) is 7.63. The Morgan fingerprint density at radius 2 is 1.87 bits per heavy atom. The second-order valence-corrected chi connectivity index (χ2v) is 8.04. The summed E-state index contributed by atoms with van der Waals surface area (Å²) in [7, 11) is 0. The standard InChI is InChI=1S/C24H21ClN4O/c25-21-14-26-24(27-16-7-6-10-18(30)13-16)28-23(21)20-15-29(17-8-2-1-3-9-17)22-12-5-4-11-19(20)22/h1-5,8-9,11-12,14-16H,6-7,10,13H2,(H,26,27,28)/t16-/m1/s1. The number of nitrogens with zero attached hydrogens (tertiary/aromatic N) is 3. The van der Waals surface area contributed by atoms with Crippen molar-refractivity contribution in [3.63, 3.8) is 0 Å². The molecule has 150 valence electrons. The molecule has 0 unspecified atom stereocenters. The van der Waals surface area contributed by atoms with Gasteiger partial charge < -0.3 is 9.88 Å². The third kappa shape index (κ3) is 3.57. The lowest BCUT2D eigenvalue weighted by Crippen LogP contribution is -2.28. The molecule has 0 bridgehead atoms. The quantitative estimate of drug-likeness (QED) is 0.466. The Morgan fingerprint density at radius 1 is 1.07 bits per heavy atom. The monoisotopic (exact) mass is 416 g/mol. The summed E-state index contributed by atoms with van der Waals surface area (Å²) in [6.45, 7) is 0. The number of nitrogens with one attached hydrogen (secondary N) is 1. The highest BCUT2D eigenvalue weighted by Gasteiger charge is 2.21. The van der Waals surface area contributed by atoms with Crippen molar-refractivity contribution in [2.45, 2.75) is 31.7 Å². The number of halogens is 1. The maximum Gasteiger partial charge on any atom is 0.223 e. The summed E-state index contributed by atoms with van der Waals surface area (Å²) >= 11 is 6.54. The minimum Gasteiger partial charge on any atom is -0.351 e. The van der Waals surface area contributed by atoms with E-state index in [1.807, 2.05) is 30.3 Å². The first-order chi connectivity index (χ1) is 14.7. The van der Waals surface area contributed by atoms with E-state index in [2.05, 4.69) is 45.3 Å². The number of rotatable bonds is 4. The molecule has 1 aliphatic carbocycles. The highest BCUT2D eigenvalue weighted by Crippen LogP contribution is 2.35. The smallest absolute Gasteiger partial charge is 0.223 e. The highest BCUT2D eigenvalue weighted by molar-refractivity contribution is 6.33. The van der Waals surface area contributed by atoms with Crippen molar-refractivity contribution in [3.8, 4) is 16.9 Å². The first-order valence-electron chi connectivity index (χ1n) is 10.2. The molecule has 2 aromatic heterocycles. The number of ketones is 1. The van der Waals surface area contributed by atoms with E-state index < -0.39 is 0 Å². The van der Waals surface area contributed by atoms with Crippen LogP contribution >= 0.6 is 11.6 Å². The Bertz CT molecular complexity index is 1220. The van der Waals surface area contributed by atoms with Gasteiger partial charge in [0, 0.05) is 41.7 Å². The van der Waals surface area contributed by atoms with E-state index in [1.54, 1.807) is 6.20 Å². The summed E-state index contributed by atoms with van der Waals surface area (Å²) in [5.74, 6) is 0.796. The number of fused-ring (bicyclic) bond motifs is 1. The first-order valence-corrected chi connectivity index (χ1v) is 10.5. The molecule has 1 aliphatic rings. The molecule has 0 aliphatic heterocycles. The van der Waals surface area contributed by atoms with Gasteiger partial charge in [0.1, 0.15) is 5.78 Å². The average Bonchev–Trinajstić information content (AvgIpc) is 3.15. The van der Waals surface area contributed by atoms with Crippen LogP contribution in [0.2, 0.25) is 5.02 Å². The van der Waals surface area contributed by atoms with Crippen molar-refractivity contribution in [2.75, 3.05) is 5.32 Å². The van der Waals surface area contributed by atoms with Crippen LogP contribution in [0.25, 0.3) is 27.8 Å². The molecule has 5 nitrogen and oxygen atoms in total. The third-order valence-corrected chi connectivity index (χ3v) is 5.84. The topological polar surface area (TPSA) is 59.8 Å². The molecule has 4 aromatic rings. The summed E-state index contributed by atoms with van der Waals surface area (Å²) in [5.41, 5.74) is 3.79. The van der Waals surface area contributed by atoms with Crippen LogP contribution in [0, 0.1) is 0 Å². The number of Topliss-reactive ketones (excluding diaryl/α,β-unsaturated/α-hetero) is 1. The number of aromatic nitrogens is 3. The molecule has 0 amide bonds. The zero-order chi connectivity index (χ0) is 20.5. The molecule has 0 saturated heterocycles. The molecular weight excluding hydrogens is 396 g/mol. The molecule has 6 heteroatoms. The molecule has 0 radical (unpaired) electrons. The van der Waals surface area contributed by atoms with Crippen molar-refractivity contribution in [1.29, 1.82) is 0 Å². The van der Waals surface area contributed by atoms with Crippen molar-refractivity contribution in [3.05, 3.63) is 72.0 Å². The molecule has 0 spiro atoms. The second kappa shape index (κ2) is 7.92. The van der Waals surface area contributed by atoms with Gasteiger partial charge in [0.15, 0.2) is 0 Å². The Hall–Kier alpha value is -3.18. The maximum atomic E-state index is 11.8. The zero-order valence-corrected chi connectivity index (χ0v) is 17.1. The number of hydrogen-bond acceptors (Lipinski definition) is 4. The Labute approximate surface area is 179 Å². The number of hydrogen-bond donors (Lipinski definition) is 1. The van der Waals surface area contributed by atoms with Gasteiger partial charge in [-0.25, -0.2) is 9.97 Å². The minimum absolute atomic E-state index is 0.0749. The van der Waals surface area contributed by atoms with Gasteiger partial charge >= 0.3 is 0 Å². The van der Waals surface area contributed by atoms with Crippen LogP contribution in [-0.4, -0.2) is 26.4 Å². The number of anilines is 1. The van der Waals surface area contributed by atoms with E-state index >= 15 is 0 Å². The van der Waals surface area contributed by atoms with Gasteiger partial charge in [0.05, 0.1) is 22.4 Å². The Balaban J connectivity index is 1.58. The van der Waals surface area contributed by atoms with Gasteiger partial charge in [0.25, 0.3) is 0 Å². The van der Waals surface area contributed by atoms with Gasteiger partial charge in [-0.05, 0) is 31.0 Å². The van der Waals surface area contributed by atoms with Crippen molar-refractivity contribution < 1.29 is 4.79 Å². The number of carbonyl (C=O) groups excluding carboxylic acids is 1. The van der Waals surface area contributed by atoms with Gasteiger partial charge in [-0.1, -0.05) is 48.0 Å². The molecule has 30 heavy (non-hydrogen) atoms. The predicted molar refractivity (Wildman–Crippen MR) is 120 cm³/mol. The molecule has 1 atom stereocenters. The van der Waals surface area contributed by atoms with Crippen LogP contribution in [0.15, 0.2) is 67.0 Å². The SMILES string of the molecule is O=C1CCC[C@@H](Nc2ncc(Cl)c(-c3cn(-c4ccccc4)c4ccccc34)n2)C1. The third-order valence-electron chi connectivity index (χ3n) is 5.56. The average molecular weight is 417 g/mol. The lowest BCUT2D eigenvalue weighted by atomic mass is 9.94. The van der Waals surface area contributed by atoms with Crippen LogP contribution in [0.3, 0.4) is 0 Å². The van der Waals surface area contributed by atoms with Gasteiger partial charge in [-0.3, -0.25) is 4.79 Å².